The van der Waals surface area contributed by atoms with E-state index >= 15 is 0 Å². The molecule has 2 aromatic rings. The van der Waals surface area contributed by atoms with Crippen molar-refractivity contribution in [3.63, 3.8) is 0 Å². The predicted molar refractivity (Wildman–Crippen MR) is 82.4 cm³/mol. The molecule has 1 fully saturated rings. The second-order valence-corrected chi connectivity index (χ2v) is 5.94. The fourth-order valence-electron chi connectivity index (χ4n) is 2.36. The average molecular weight is 285 g/mol. The number of nitrogens with zero attached hydrogens (tertiary/aromatic N) is 1. The minimum absolute atomic E-state index is 0.0605. The van der Waals surface area contributed by atoms with Crippen LogP contribution in [0.25, 0.3) is 10.9 Å². The van der Waals surface area contributed by atoms with Gasteiger partial charge in [-0.3, -0.25) is 4.98 Å². The first-order valence-electron chi connectivity index (χ1n) is 7.05. The molecule has 5 heteroatoms. The van der Waals surface area contributed by atoms with Crippen molar-refractivity contribution in [1.82, 2.24) is 10.3 Å². The molecule has 0 spiro atoms. The van der Waals surface area contributed by atoms with Crippen molar-refractivity contribution in [2.45, 2.75) is 13.8 Å². The molecule has 0 radical (unpaired) electrons. The molecule has 0 aliphatic carbocycles. The number of carbonyl (C=O) groups is 1. The van der Waals surface area contributed by atoms with Crippen LogP contribution >= 0.6 is 0 Å². The zero-order chi connectivity index (χ0) is 14.9. The normalized spacial score (nSPS) is 16.3. The third-order valence-electron chi connectivity index (χ3n) is 3.68. The Hall–Kier alpha value is -2.14. The summed E-state index contributed by atoms with van der Waals surface area (Å²) < 4.78 is 5.18. The summed E-state index contributed by atoms with van der Waals surface area (Å²) in [5.74, 6) is 0. The highest BCUT2D eigenvalue weighted by Gasteiger charge is 2.33. The van der Waals surface area contributed by atoms with Gasteiger partial charge in [-0.15, -0.1) is 0 Å². The number of aromatic nitrogens is 1. The quantitative estimate of drug-likeness (QED) is 0.911. The van der Waals surface area contributed by atoms with Crippen LogP contribution in [0.15, 0.2) is 30.3 Å². The van der Waals surface area contributed by atoms with Crippen molar-refractivity contribution in [3.8, 4) is 0 Å². The van der Waals surface area contributed by atoms with E-state index in [9.17, 15) is 4.79 Å². The molecule has 2 N–H and O–H groups in total. The van der Waals surface area contributed by atoms with E-state index in [0.717, 1.165) is 22.3 Å². The van der Waals surface area contributed by atoms with Gasteiger partial charge in [-0.1, -0.05) is 25.1 Å². The summed E-state index contributed by atoms with van der Waals surface area (Å²) in [6, 6.07) is 9.52. The van der Waals surface area contributed by atoms with Crippen LogP contribution in [0.1, 0.15) is 12.6 Å². The molecule has 5 nitrogen and oxygen atoms in total. The lowest BCUT2D eigenvalue weighted by atomic mass is 9.89. The lowest BCUT2D eigenvalue weighted by molar-refractivity contribution is -0.0974. The molecule has 1 aromatic carbocycles. The van der Waals surface area contributed by atoms with Crippen LogP contribution in [0.3, 0.4) is 0 Å². The van der Waals surface area contributed by atoms with Gasteiger partial charge >= 0.3 is 6.03 Å². The maximum absolute atomic E-state index is 12.0. The van der Waals surface area contributed by atoms with E-state index in [1.807, 2.05) is 37.3 Å². The number of anilines is 1. The van der Waals surface area contributed by atoms with Crippen molar-refractivity contribution < 1.29 is 9.53 Å². The summed E-state index contributed by atoms with van der Waals surface area (Å²) in [5, 5.41) is 6.79. The number of amides is 2. The first-order valence-corrected chi connectivity index (χ1v) is 7.05. The average Bonchev–Trinajstić information content (AvgIpc) is 2.44. The first kappa shape index (κ1) is 13.8. The molecule has 2 heterocycles. The smallest absolute Gasteiger partial charge is 0.319 e. The Morgan fingerprint density at radius 2 is 2.14 bits per heavy atom. The van der Waals surface area contributed by atoms with E-state index < -0.39 is 0 Å². The lowest BCUT2D eigenvalue weighted by Gasteiger charge is -2.37. The zero-order valence-electron chi connectivity index (χ0n) is 12.3. The third kappa shape index (κ3) is 2.97. The Kier molecular flexibility index (Phi) is 3.51. The summed E-state index contributed by atoms with van der Waals surface area (Å²) >= 11 is 0. The van der Waals surface area contributed by atoms with Crippen molar-refractivity contribution in [3.05, 3.63) is 36.0 Å². The number of urea groups is 1. The van der Waals surface area contributed by atoms with Crippen molar-refractivity contribution in [2.75, 3.05) is 25.1 Å². The summed E-state index contributed by atoms with van der Waals surface area (Å²) in [6.07, 6.45) is 0. The van der Waals surface area contributed by atoms with E-state index in [1.165, 1.54) is 0 Å². The molecule has 1 saturated heterocycles. The van der Waals surface area contributed by atoms with Gasteiger partial charge in [-0.2, -0.15) is 0 Å². The van der Waals surface area contributed by atoms with E-state index in [-0.39, 0.29) is 11.4 Å². The van der Waals surface area contributed by atoms with Gasteiger partial charge in [-0.25, -0.2) is 4.79 Å². The van der Waals surface area contributed by atoms with E-state index in [1.54, 1.807) is 0 Å². The van der Waals surface area contributed by atoms with Gasteiger partial charge in [0.05, 0.1) is 24.4 Å². The standard InChI is InChI=1S/C16H19N3O2/c1-11-6-7-12-4-3-5-13(14(12)18-11)19-15(20)17-8-16(2)9-21-10-16/h3-7H,8-10H2,1-2H3,(H2,17,19,20). The highest BCUT2D eigenvalue weighted by molar-refractivity contribution is 5.99. The number of rotatable bonds is 3. The molecule has 0 unspecified atom stereocenters. The Morgan fingerprint density at radius 3 is 2.86 bits per heavy atom. The fourth-order valence-corrected chi connectivity index (χ4v) is 2.36. The van der Waals surface area contributed by atoms with Gasteiger partial charge in [0.25, 0.3) is 0 Å². The number of aryl methyl sites for hydroxylation is 1. The second-order valence-electron chi connectivity index (χ2n) is 5.94. The topological polar surface area (TPSA) is 63.2 Å². The summed E-state index contributed by atoms with van der Waals surface area (Å²) in [7, 11) is 0. The number of benzene rings is 1. The number of nitrogens with one attached hydrogen (secondary N) is 2. The number of fused-ring (bicyclic) bond motifs is 1. The van der Waals surface area contributed by atoms with Crippen LogP contribution in [0.4, 0.5) is 10.5 Å². The molecule has 2 amide bonds. The number of hydrogen-bond acceptors (Lipinski definition) is 3. The van der Waals surface area contributed by atoms with Crippen LogP contribution < -0.4 is 10.6 Å². The number of carbonyl (C=O) groups excluding carboxylic acids is 1. The highest BCUT2D eigenvalue weighted by atomic mass is 16.5. The molecular weight excluding hydrogens is 266 g/mol. The van der Waals surface area contributed by atoms with Gasteiger partial charge < -0.3 is 15.4 Å². The van der Waals surface area contributed by atoms with Gasteiger partial charge in [0.15, 0.2) is 0 Å². The van der Waals surface area contributed by atoms with E-state index in [4.69, 9.17) is 4.74 Å². The number of ether oxygens (including phenoxy) is 1. The molecule has 1 aliphatic rings. The van der Waals surface area contributed by atoms with Crippen LogP contribution in [0.5, 0.6) is 0 Å². The van der Waals surface area contributed by atoms with Crippen LogP contribution in [-0.2, 0) is 4.74 Å². The van der Waals surface area contributed by atoms with Gasteiger partial charge in [0.2, 0.25) is 0 Å². The molecular formula is C16H19N3O2. The third-order valence-corrected chi connectivity index (χ3v) is 3.68. The van der Waals surface area contributed by atoms with E-state index in [0.29, 0.717) is 19.8 Å². The zero-order valence-corrected chi connectivity index (χ0v) is 12.3. The van der Waals surface area contributed by atoms with Crippen LogP contribution in [0, 0.1) is 12.3 Å². The summed E-state index contributed by atoms with van der Waals surface area (Å²) in [6.45, 7) is 6.04. The predicted octanol–water partition coefficient (Wildman–Crippen LogP) is 2.70. The van der Waals surface area contributed by atoms with Gasteiger partial charge in [0.1, 0.15) is 0 Å². The molecule has 21 heavy (non-hydrogen) atoms. The molecule has 0 atom stereocenters. The monoisotopic (exact) mass is 285 g/mol. The van der Waals surface area contributed by atoms with Gasteiger partial charge in [0, 0.05) is 23.0 Å². The van der Waals surface area contributed by atoms with Gasteiger partial charge in [-0.05, 0) is 19.1 Å². The maximum Gasteiger partial charge on any atom is 0.319 e. The number of para-hydroxylation sites is 1. The first-order chi connectivity index (χ1) is 10.1. The van der Waals surface area contributed by atoms with Crippen LogP contribution in [0.2, 0.25) is 0 Å². The Labute approximate surface area is 123 Å². The summed E-state index contributed by atoms with van der Waals surface area (Å²) in [4.78, 5) is 16.5. The molecule has 3 rings (SSSR count). The second kappa shape index (κ2) is 5.33. The van der Waals surface area contributed by atoms with Crippen molar-refractivity contribution in [1.29, 1.82) is 0 Å². The maximum atomic E-state index is 12.0. The fraction of sp³-hybridized carbons (Fsp3) is 0.375. The Bertz CT molecular complexity index is 680. The SMILES string of the molecule is Cc1ccc2cccc(NC(=O)NCC3(C)COC3)c2n1. The minimum atomic E-state index is -0.209. The molecule has 1 aliphatic heterocycles. The lowest BCUT2D eigenvalue weighted by Crippen LogP contribution is -2.49. The molecule has 110 valence electrons. The van der Waals surface area contributed by atoms with Crippen molar-refractivity contribution in [2.24, 2.45) is 5.41 Å². The summed E-state index contributed by atoms with van der Waals surface area (Å²) in [5.41, 5.74) is 2.52. The highest BCUT2D eigenvalue weighted by Crippen LogP contribution is 2.25. The van der Waals surface area contributed by atoms with E-state index in [2.05, 4.69) is 22.5 Å². The Morgan fingerprint density at radius 1 is 1.33 bits per heavy atom. The largest absolute Gasteiger partial charge is 0.380 e. The number of hydrogen-bond donors (Lipinski definition) is 2. The number of pyridine rings is 1. The van der Waals surface area contributed by atoms with Crippen molar-refractivity contribution >= 4 is 22.6 Å². The minimum Gasteiger partial charge on any atom is -0.380 e. The van der Waals surface area contributed by atoms with Crippen LogP contribution in [-0.4, -0.2) is 30.8 Å². The Balaban J connectivity index is 1.72. The molecule has 1 aromatic heterocycles. The molecule has 0 saturated carbocycles. The molecule has 0 bridgehead atoms.